The van der Waals surface area contributed by atoms with E-state index in [2.05, 4.69) is 10.1 Å². The molecular formula is C14H23NO11. The first-order chi connectivity index (χ1) is 11.9. The summed E-state index contributed by atoms with van der Waals surface area (Å²) in [4.78, 5) is 33.6. The Morgan fingerprint density at radius 3 is 2.35 bits per heavy atom. The Labute approximate surface area is 148 Å². The van der Waals surface area contributed by atoms with Crippen LogP contribution < -0.4 is 5.32 Å². The number of aliphatic hydroxyl groups is 5. The van der Waals surface area contributed by atoms with E-state index in [0.717, 1.165) is 13.8 Å². The van der Waals surface area contributed by atoms with Gasteiger partial charge in [0.05, 0.1) is 12.1 Å². The van der Waals surface area contributed by atoms with Gasteiger partial charge < -0.3 is 45.4 Å². The monoisotopic (exact) mass is 381 g/mol. The molecule has 0 spiro atoms. The van der Waals surface area contributed by atoms with E-state index >= 15 is 0 Å². The first-order valence-corrected chi connectivity index (χ1v) is 7.68. The number of nitrogens with one attached hydrogen (secondary N) is 1. The Morgan fingerprint density at radius 1 is 1.31 bits per heavy atom. The van der Waals surface area contributed by atoms with Gasteiger partial charge in [0, 0.05) is 13.3 Å². The minimum absolute atomic E-state index is 0.648. The highest BCUT2D eigenvalue weighted by Gasteiger charge is 2.54. The van der Waals surface area contributed by atoms with E-state index in [0.29, 0.717) is 0 Å². The van der Waals surface area contributed by atoms with Crippen LogP contribution in [0.1, 0.15) is 20.3 Å². The molecule has 1 rings (SSSR count). The highest BCUT2D eigenvalue weighted by molar-refractivity contribution is 5.76. The number of carbonyl (C=O) groups is 3. The van der Waals surface area contributed by atoms with E-state index in [1.165, 1.54) is 0 Å². The molecule has 1 aliphatic rings. The number of amides is 1. The van der Waals surface area contributed by atoms with Crippen LogP contribution >= 0.6 is 0 Å². The minimum Gasteiger partial charge on any atom is -0.477 e. The molecule has 12 nitrogen and oxygen atoms in total. The molecule has 1 saturated heterocycles. The first-order valence-electron chi connectivity index (χ1n) is 7.68. The number of rotatable bonds is 7. The van der Waals surface area contributed by atoms with Crippen LogP contribution in [0.4, 0.5) is 0 Å². The molecule has 7 N–H and O–H groups in total. The summed E-state index contributed by atoms with van der Waals surface area (Å²) < 4.78 is 9.47. The quantitative estimate of drug-likeness (QED) is 0.212. The summed E-state index contributed by atoms with van der Waals surface area (Å²) in [5.41, 5.74) is 0. The Bertz CT molecular complexity index is 539. The molecule has 0 aromatic rings. The maximum atomic E-state index is 11.3. The summed E-state index contributed by atoms with van der Waals surface area (Å²) in [5.74, 6) is -6.44. The molecule has 0 bridgehead atoms. The van der Waals surface area contributed by atoms with Crippen molar-refractivity contribution in [3.63, 3.8) is 0 Å². The van der Waals surface area contributed by atoms with Crippen LogP contribution in [0.25, 0.3) is 0 Å². The van der Waals surface area contributed by atoms with Crippen molar-refractivity contribution in [3.8, 4) is 0 Å². The van der Waals surface area contributed by atoms with Gasteiger partial charge in [-0.2, -0.15) is 0 Å². The van der Waals surface area contributed by atoms with Gasteiger partial charge in [-0.05, 0) is 6.92 Å². The molecule has 1 amide bonds. The van der Waals surface area contributed by atoms with Crippen molar-refractivity contribution in [1.82, 2.24) is 5.32 Å². The van der Waals surface area contributed by atoms with Gasteiger partial charge in [-0.25, -0.2) is 9.59 Å². The number of ether oxygens (including phenoxy) is 2. The van der Waals surface area contributed by atoms with Crippen molar-refractivity contribution in [2.75, 3.05) is 6.61 Å². The third-order valence-corrected chi connectivity index (χ3v) is 3.76. The normalized spacial score (nSPS) is 32.2. The Balaban J connectivity index is 2.97. The predicted octanol–water partition coefficient (Wildman–Crippen LogP) is -3.94. The number of carbonyl (C=O) groups excluding carboxylic acids is 2. The fourth-order valence-corrected chi connectivity index (χ4v) is 2.41. The smallest absolute Gasteiger partial charge is 0.364 e. The van der Waals surface area contributed by atoms with E-state index in [4.69, 9.17) is 14.9 Å². The van der Waals surface area contributed by atoms with Gasteiger partial charge in [0.15, 0.2) is 0 Å². The molecule has 7 unspecified atom stereocenters. The number of carboxylic acid groups (broad SMARTS) is 1. The van der Waals surface area contributed by atoms with Crippen LogP contribution in [0, 0.1) is 0 Å². The van der Waals surface area contributed by atoms with Crippen LogP contribution in [0.15, 0.2) is 0 Å². The van der Waals surface area contributed by atoms with Crippen molar-refractivity contribution >= 4 is 17.8 Å². The second kappa shape index (κ2) is 8.70. The van der Waals surface area contributed by atoms with Gasteiger partial charge in [0.25, 0.3) is 5.79 Å². The number of esters is 1. The van der Waals surface area contributed by atoms with Crippen molar-refractivity contribution in [3.05, 3.63) is 0 Å². The van der Waals surface area contributed by atoms with Crippen LogP contribution in [0.2, 0.25) is 0 Å². The highest BCUT2D eigenvalue weighted by Crippen LogP contribution is 2.30. The molecular weight excluding hydrogens is 358 g/mol. The maximum Gasteiger partial charge on any atom is 0.364 e. The SMILES string of the molecule is CC(=O)NC1C(O)CC(O)(C(=O)O)OC1C(O)C(O)COC(=O)C(C)O. The molecule has 0 saturated carbocycles. The number of hydrogen-bond acceptors (Lipinski definition) is 10. The van der Waals surface area contributed by atoms with Crippen LogP contribution in [-0.2, 0) is 23.9 Å². The van der Waals surface area contributed by atoms with Gasteiger partial charge in [0.2, 0.25) is 5.91 Å². The zero-order valence-corrected chi connectivity index (χ0v) is 14.1. The molecule has 26 heavy (non-hydrogen) atoms. The average molecular weight is 381 g/mol. The van der Waals surface area contributed by atoms with E-state index in [-0.39, 0.29) is 0 Å². The number of aliphatic hydroxyl groups excluding tert-OH is 4. The lowest BCUT2D eigenvalue weighted by Crippen LogP contribution is -2.67. The van der Waals surface area contributed by atoms with Gasteiger partial charge >= 0.3 is 11.9 Å². The molecule has 0 aromatic heterocycles. The van der Waals surface area contributed by atoms with Crippen LogP contribution in [-0.4, -0.2) is 97.4 Å². The summed E-state index contributed by atoms with van der Waals surface area (Å²) in [7, 11) is 0. The van der Waals surface area contributed by atoms with Gasteiger partial charge in [-0.15, -0.1) is 0 Å². The molecule has 7 atom stereocenters. The van der Waals surface area contributed by atoms with E-state index in [1.54, 1.807) is 0 Å². The van der Waals surface area contributed by atoms with Gasteiger partial charge in [-0.1, -0.05) is 0 Å². The fraction of sp³-hybridized carbons (Fsp3) is 0.786. The zero-order chi connectivity index (χ0) is 20.2. The largest absolute Gasteiger partial charge is 0.477 e. The second-order valence-electron chi connectivity index (χ2n) is 6.03. The predicted molar refractivity (Wildman–Crippen MR) is 80.3 cm³/mol. The molecule has 12 heteroatoms. The lowest BCUT2D eigenvalue weighted by molar-refractivity contribution is -0.295. The zero-order valence-electron chi connectivity index (χ0n) is 14.1. The molecule has 1 heterocycles. The Kier molecular flexibility index (Phi) is 7.44. The highest BCUT2D eigenvalue weighted by atomic mass is 16.7. The van der Waals surface area contributed by atoms with Crippen LogP contribution in [0.3, 0.4) is 0 Å². The topological polar surface area (TPSA) is 203 Å². The Hall–Kier alpha value is -1.83. The summed E-state index contributed by atoms with van der Waals surface area (Å²) in [6, 6.07) is -1.36. The van der Waals surface area contributed by atoms with Gasteiger partial charge in [-0.3, -0.25) is 4.79 Å². The van der Waals surface area contributed by atoms with Crippen molar-refractivity contribution < 1.29 is 54.5 Å². The second-order valence-corrected chi connectivity index (χ2v) is 6.03. The summed E-state index contributed by atoms with van der Waals surface area (Å²) in [6.45, 7) is 1.42. The molecule has 0 aliphatic carbocycles. The first kappa shape index (κ1) is 22.2. The fourth-order valence-electron chi connectivity index (χ4n) is 2.41. The van der Waals surface area contributed by atoms with Crippen LogP contribution in [0.5, 0.6) is 0 Å². The van der Waals surface area contributed by atoms with Crippen molar-refractivity contribution in [1.29, 1.82) is 0 Å². The van der Waals surface area contributed by atoms with Gasteiger partial charge in [0.1, 0.15) is 31.0 Å². The van der Waals surface area contributed by atoms with Crippen molar-refractivity contribution in [2.24, 2.45) is 0 Å². The molecule has 1 fully saturated rings. The summed E-state index contributed by atoms with van der Waals surface area (Å²) >= 11 is 0. The minimum atomic E-state index is -2.87. The molecule has 150 valence electrons. The lowest BCUT2D eigenvalue weighted by atomic mass is 9.88. The number of aliphatic carboxylic acids is 1. The third-order valence-electron chi connectivity index (χ3n) is 3.76. The summed E-state index contributed by atoms with van der Waals surface area (Å²) in [6.07, 6.45) is -9.44. The van der Waals surface area contributed by atoms with E-state index in [1.807, 2.05) is 0 Å². The molecule has 0 aromatic carbocycles. The third kappa shape index (κ3) is 5.33. The molecule has 0 radical (unpaired) electrons. The van der Waals surface area contributed by atoms with E-state index < -0.39 is 73.2 Å². The summed E-state index contributed by atoms with van der Waals surface area (Å²) in [5, 5.41) is 60.5. The number of hydrogen-bond donors (Lipinski definition) is 7. The average Bonchev–Trinajstić information content (AvgIpc) is 2.53. The molecule has 1 aliphatic heterocycles. The maximum absolute atomic E-state index is 11.3. The lowest BCUT2D eigenvalue weighted by Gasteiger charge is -2.44. The van der Waals surface area contributed by atoms with Crippen molar-refractivity contribution in [2.45, 2.75) is 62.6 Å². The number of carboxylic acids is 1. The Morgan fingerprint density at radius 2 is 1.88 bits per heavy atom. The standard InChI is InChI=1S/C14H23NO11/c1-5(16)12(21)25-4-8(19)10(20)11-9(15-6(2)17)7(18)3-14(24,26-11)13(22)23/h5,7-11,16,18-20,24H,3-4H2,1-2H3,(H,15,17)(H,22,23). The van der Waals surface area contributed by atoms with E-state index in [9.17, 15) is 34.8 Å².